The molecular formula is C67H46F9N7O5. The molecule has 0 saturated carbocycles. The number of nitrogen functional groups attached to an aromatic ring is 1. The number of hydrogen-bond donors (Lipinski definition) is 3. The number of Topliss-reactive ketones (excluding diaryl/α,β-unsaturated/α-hetero) is 3. The smallest absolute Gasteiger partial charge is 0.262 e. The summed E-state index contributed by atoms with van der Waals surface area (Å²) in [5.74, 6) is -9.32. The van der Waals surface area contributed by atoms with Crippen LogP contribution >= 0.6 is 0 Å². The number of allylic oxidation sites excluding steroid dienone is 3. The number of nitrogens with two attached hydrogens (primary N) is 2. The van der Waals surface area contributed by atoms with Crippen LogP contribution in [0.15, 0.2) is 157 Å². The standard InChI is InChI=1S/C26H16F3NO3.C23H16F3N5O.C18H14F3NO/c1-13(30-25(32)19-4-2-3-5-20(19)26(30)33)21-10-14-6-7-16(27)12-22(14)24(31)23(21)15-8-17(28)11-18(29)9-15;1-11(31-23-19(9-27)22(28)29-10-30-23)17-6-12-2-3-14(24)8-18(12)21(32)20(17)13-4-15(25)7-16(26)5-13;1-9(22)15-6-10-2-3-12(19)8-16(10)18(23)17(15)11-4-13(20)7-14(21)5-11/h2-9,11-13H,10H2,1H3;2-5,7-8,10-11H,6H2,1H3,(H3,28,29,30,31);2-5,7-9H,6,22H2,1H3/t13-;11-;9-/m000/s1. The van der Waals surface area contributed by atoms with Crippen LogP contribution in [-0.4, -0.2) is 62.2 Å². The van der Waals surface area contributed by atoms with Crippen molar-refractivity contribution in [1.29, 1.82) is 5.26 Å². The van der Waals surface area contributed by atoms with Crippen molar-refractivity contribution < 1.29 is 63.5 Å². The van der Waals surface area contributed by atoms with Gasteiger partial charge in [0.25, 0.3) is 11.8 Å². The predicted molar refractivity (Wildman–Crippen MR) is 307 cm³/mol. The minimum atomic E-state index is -0.888. The van der Waals surface area contributed by atoms with E-state index in [2.05, 4.69) is 15.3 Å². The highest BCUT2D eigenvalue weighted by Crippen LogP contribution is 2.40. The Hall–Kier alpha value is -10.6. The normalized spacial score (nSPS) is 15.3. The van der Waals surface area contributed by atoms with Gasteiger partial charge in [-0.1, -0.05) is 30.3 Å². The average Bonchev–Trinajstić information content (AvgIpc) is 1.36. The van der Waals surface area contributed by atoms with Crippen LogP contribution in [0.3, 0.4) is 0 Å². The fraction of sp³-hybridized carbons (Fsp3) is 0.134. The van der Waals surface area contributed by atoms with Crippen LogP contribution in [-0.2, 0) is 19.3 Å². The molecule has 0 spiro atoms. The summed E-state index contributed by atoms with van der Waals surface area (Å²) in [6, 6.07) is 26.3. The van der Waals surface area contributed by atoms with Crippen molar-refractivity contribution in [1.82, 2.24) is 14.9 Å². The Kier molecular flexibility index (Phi) is 16.8. The van der Waals surface area contributed by atoms with Crippen molar-refractivity contribution in [3.63, 3.8) is 0 Å². The zero-order chi connectivity index (χ0) is 63.2. The van der Waals surface area contributed by atoms with E-state index in [9.17, 15) is 68.7 Å². The molecule has 7 aromatic carbocycles. The molecule has 0 fully saturated rings. The number of anilines is 2. The highest BCUT2D eigenvalue weighted by atomic mass is 19.2. The van der Waals surface area contributed by atoms with E-state index in [4.69, 9.17) is 11.5 Å². The third kappa shape index (κ3) is 11.9. The average molecular weight is 1200 g/mol. The van der Waals surface area contributed by atoms with E-state index in [0.29, 0.717) is 52.0 Å². The van der Waals surface area contributed by atoms with Gasteiger partial charge in [-0.15, -0.1) is 0 Å². The summed E-state index contributed by atoms with van der Waals surface area (Å²) in [7, 11) is 0. The van der Waals surface area contributed by atoms with E-state index in [0.717, 1.165) is 65.6 Å². The number of hydrogen-bond acceptors (Lipinski definition) is 11. The Morgan fingerprint density at radius 3 is 1.23 bits per heavy atom. The molecule has 2 heterocycles. The van der Waals surface area contributed by atoms with E-state index < -0.39 is 99.6 Å². The minimum absolute atomic E-state index is 0.0147. The maximum atomic E-state index is 14.0. The van der Waals surface area contributed by atoms with Gasteiger partial charge in [0.05, 0.1) is 17.2 Å². The molecule has 21 heteroatoms. The largest absolute Gasteiger partial charge is 0.382 e. The van der Waals surface area contributed by atoms with Gasteiger partial charge in [-0.3, -0.25) is 28.9 Å². The quantitative estimate of drug-likeness (QED) is 0.0917. The van der Waals surface area contributed by atoms with E-state index in [1.165, 1.54) is 42.7 Å². The molecule has 0 radical (unpaired) electrons. The van der Waals surface area contributed by atoms with Crippen molar-refractivity contribution in [2.24, 2.45) is 5.73 Å². The van der Waals surface area contributed by atoms with Gasteiger partial charge in [-0.2, -0.15) is 5.26 Å². The molecule has 88 heavy (non-hydrogen) atoms. The fourth-order valence-electron chi connectivity index (χ4n) is 11.3. The first-order chi connectivity index (χ1) is 41.9. The summed E-state index contributed by atoms with van der Waals surface area (Å²) in [6.45, 7) is 5.01. The van der Waals surface area contributed by atoms with Crippen LogP contribution in [0.5, 0.6) is 0 Å². The van der Waals surface area contributed by atoms with Crippen molar-refractivity contribution in [2.75, 3.05) is 11.1 Å². The number of rotatable bonds is 9. The Morgan fingerprint density at radius 1 is 0.477 bits per heavy atom. The lowest BCUT2D eigenvalue weighted by Gasteiger charge is -2.31. The van der Waals surface area contributed by atoms with E-state index in [1.807, 2.05) is 6.07 Å². The molecule has 0 bridgehead atoms. The Morgan fingerprint density at radius 2 is 0.841 bits per heavy atom. The molecule has 1 aliphatic heterocycles. The van der Waals surface area contributed by atoms with Crippen LogP contribution in [0.2, 0.25) is 0 Å². The Balaban J connectivity index is 0.000000148. The maximum absolute atomic E-state index is 14.0. The van der Waals surface area contributed by atoms with Gasteiger partial charge in [0.2, 0.25) is 0 Å². The molecule has 3 aliphatic carbocycles. The van der Waals surface area contributed by atoms with Crippen LogP contribution in [0.4, 0.5) is 51.1 Å². The van der Waals surface area contributed by atoms with Gasteiger partial charge < -0.3 is 16.8 Å². The summed E-state index contributed by atoms with van der Waals surface area (Å²) in [4.78, 5) is 74.5. The lowest BCUT2D eigenvalue weighted by atomic mass is 9.79. The van der Waals surface area contributed by atoms with Gasteiger partial charge in [0, 0.05) is 63.7 Å². The monoisotopic (exact) mass is 1200 g/mol. The summed E-state index contributed by atoms with van der Waals surface area (Å²) in [5.41, 5.74) is 16.1. The van der Waals surface area contributed by atoms with Gasteiger partial charge >= 0.3 is 0 Å². The highest BCUT2D eigenvalue weighted by Gasteiger charge is 2.42. The van der Waals surface area contributed by atoms with Gasteiger partial charge in [0.1, 0.15) is 82.0 Å². The second-order valence-electron chi connectivity index (χ2n) is 21.0. The number of imide groups is 1. The van der Waals surface area contributed by atoms with Crippen LogP contribution in [0.25, 0.3) is 16.7 Å². The lowest BCUT2D eigenvalue weighted by molar-refractivity contribution is 0.0615. The predicted octanol–water partition coefficient (Wildman–Crippen LogP) is 12.7. The molecule has 1 aromatic heterocycles. The number of carbonyl (C=O) groups excluding carboxylic acids is 5. The molecule has 3 atom stereocenters. The molecule has 2 amide bonds. The van der Waals surface area contributed by atoms with Crippen molar-refractivity contribution in [2.45, 2.75) is 58.2 Å². The van der Waals surface area contributed by atoms with Crippen LogP contribution < -0.4 is 16.8 Å². The third-order valence-electron chi connectivity index (χ3n) is 15.3. The van der Waals surface area contributed by atoms with Crippen LogP contribution in [0, 0.1) is 63.7 Å². The van der Waals surface area contributed by atoms with Gasteiger partial charge in [-0.25, -0.2) is 49.5 Å². The molecule has 12 rings (SSSR count). The number of benzene rings is 7. The highest BCUT2D eigenvalue weighted by molar-refractivity contribution is 6.33. The third-order valence-corrected chi connectivity index (χ3v) is 15.3. The van der Waals surface area contributed by atoms with Gasteiger partial charge in [0.15, 0.2) is 17.3 Å². The molecule has 12 nitrogen and oxygen atoms in total. The van der Waals surface area contributed by atoms with Gasteiger partial charge in [-0.05, 0) is 175 Å². The topological polar surface area (TPSA) is 202 Å². The first-order valence-corrected chi connectivity index (χ1v) is 27.0. The Bertz CT molecular complexity index is 4360. The maximum Gasteiger partial charge on any atom is 0.262 e. The molecular weight excluding hydrogens is 1150 g/mol. The molecule has 4 aliphatic rings. The second-order valence-corrected chi connectivity index (χ2v) is 21.0. The molecule has 442 valence electrons. The Labute approximate surface area is 496 Å². The number of nitrogens with one attached hydrogen (secondary N) is 1. The number of ketones is 3. The van der Waals surface area contributed by atoms with E-state index in [1.54, 1.807) is 45.0 Å². The van der Waals surface area contributed by atoms with Crippen molar-refractivity contribution in [3.05, 3.63) is 276 Å². The molecule has 0 saturated heterocycles. The first kappa shape index (κ1) is 60.5. The number of fused-ring (bicyclic) bond motifs is 4. The first-order valence-electron chi connectivity index (χ1n) is 27.0. The molecule has 0 unspecified atom stereocenters. The second kappa shape index (κ2) is 24.4. The fourth-order valence-corrected chi connectivity index (χ4v) is 11.3. The van der Waals surface area contributed by atoms with Crippen molar-refractivity contribution >= 4 is 57.5 Å². The zero-order valence-electron chi connectivity index (χ0n) is 46.5. The molecule has 5 N–H and O–H groups in total. The number of amides is 2. The number of aromatic nitrogens is 2. The van der Waals surface area contributed by atoms with E-state index in [-0.39, 0.29) is 91.3 Å². The molecule has 8 aromatic rings. The van der Waals surface area contributed by atoms with Crippen LogP contribution in [0.1, 0.15) is 112 Å². The summed E-state index contributed by atoms with van der Waals surface area (Å²) in [6.07, 6.45) is 1.84. The van der Waals surface area contributed by atoms with Crippen molar-refractivity contribution in [3.8, 4) is 6.07 Å². The lowest BCUT2D eigenvalue weighted by Crippen LogP contribution is -2.41. The zero-order valence-corrected chi connectivity index (χ0v) is 46.5. The number of halogens is 9. The summed E-state index contributed by atoms with van der Waals surface area (Å²) in [5, 5.41) is 12.4. The number of nitrogens with zero attached hydrogens (tertiary/aromatic N) is 4. The number of nitriles is 1. The summed E-state index contributed by atoms with van der Waals surface area (Å²) >= 11 is 0. The van der Waals surface area contributed by atoms with E-state index >= 15 is 0 Å². The number of carbonyl (C=O) groups is 5. The minimum Gasteiger partial charge on any atom is -0.382 e. The summed E-state index contributed by atoms with van der Waals surface area (Å²) < 4.78 is 124. The SMILES string of the molecule is C[C@@H](C1=C(c2cc(F)cc(F)c2)C(=O)c2cc(F)ccc2C1)N1C(=O)c2ccccc2C1=O.C[C@H](N)C1=C(c2cc(F)cc(F)c2)C(=O)c2cc(F)ccc2C1.C[C@H](Nc1ncnc(N)c1C#N)C1=C(c2cc(F)cc(F)c2)C(=O)c2cc(F)ccc2C1.